The number of benzene rings is 1. The number of amides is 1. The lowest BCUT2D eigenvalue weighted by Crippen LogP contribution is -2.34. The number of thioether (sulfide) groups is 1. The standard InChI is InChI=1S/C15H22N2O2S/c1-19-14-6-4-3-5-13(14)17-15(18)10-16-11-7-8-12(9-11)20-2/h3-6,11-12,16H,7-10H2,1-2H3,(H,17,18). The maximum atomic E-state index is 12.0. The number of para-hydroxylation sites is 2. The molecule has 0 saturated heterocycles. The third kappa shape index (κ3) is 4.15. The van der Waals surface area contributed by atoms with Gasteiger partial charge in [0.05, 0.1) is 19.3 Å². The number of rotatable bonds is 6. The van der Waals surface area contributed by atoms with Crippen molar-refractivity contribution in [2.75, 3.05) is 25.2 Å². The van der Waals surface area contributed by atoms with Crippen molar-refractivity contribution in [3.8, 4) is 5.75 Å². The van der Waals surface area contributed by atoms with Crippen LogP contribution in [0.25, 0.3) is 0 Å². The van der Waals surface area contributed by atoms with Crippen molar-refractivity contribution < 1.29 is 9.53 Å². The lowest BCUT2D eigenvalue weighted by atomic mass is 10.2. The minimum absolute atomic E-state index is 0.0258. The van der Waals surface area contributed by atoms with Gasteiger partial charge >= 0.3 is 0 Å². The summed E-state index contributed by atoms with van der Waals surface area (Å²) in [5, 5.41) is 6.96. The van der Waals surface area contributed by atoms with Crippen LogP contribution in [-0.4, -0.2) is 37.1 Å². The molecule has 0 aliphatic heterocycles. The summed E-state index contributed by atoms with van der Waals surface area (Å²) >= 11 is 1.92. The van der Waals surface area contributed by atoms with Gasteiger partial charge in [-0.3, -0.25) is 4.79 Å². The van der Waals surface area contributed by atoms with Crippen molar-refractivity contribution in [3.05, 3.63) is 24.3 Å². The van der Waals surface area contributed by atoms with Crippen LogP contribution in [0.2, 0.25) is 0 Å². The van der Waals surface area contributed by atoms with Gasteiger partial charge in [-0.15, -0.1) is 0 Å². The lowest BCUT2D eigenvalue weighted by molar-refractivity contribution is -0.115. The monoisotopic (exact) mass is 294 g/mol. The van der Waals surface area contributed by atoms with E-state index >= 15 is 0 Å². The van der Waals surface area contributed by atoms with Crippen LogP contribution in [0.15, 0.2) is 24.3 Å². The molecule has 1 aliphatic rings. The van der Waals surface area contributed by atoms with Crippen LogP contribution in [0, 0.1) is 0 Å². The average Bonchev–Trinajstić information content (AvgIpc) is 2.94. The molecule has 2 unspecified atom stereocenters. The van der Waals surface area contributed by atoms with E-state index in [1.807, 2.05) is 36.0 Å². The molecule has 5 heteroatoms. The first-order chi connectivity index (χ1) is 9.72. The summed E-state index contributed by atoms with van der Waals surface area (Å²) in [6.07, 6.45) is 5.71. The zero-order valence-electron chi connectivity index (χ0n) is 12.0. The molecule has 1 aromatic rings. The number of hydrogen-bond donors (Lipinski definition) is 2. The Morgan fingerprint density at radius 3 is 2.90 bits per heavy atom. The topological polar surface area (TPSA) is 50.4 Å². The molecule has 20 heavy (non-hydrogen) atoms. The second-order valence-corrected chi connectivity index (χ2v) is 6.14. The van der Waals surface area contributed by atoms with Gasteiger partial charge in [0.25, 0.3) is 0 Å². The molecule has 1 amide bonds. The molecular formula is C15H22N2O2S. The summed E-state index contributed by atoms with van der Waals surface area (Å²) in [6, 6.07) is 7.91. The summed E-state index contributed by atoms with van der Waals surface area (Å²) in [5.74, 6) is 0.659. The molecule has 2 N–H and O–H groups in total. The minimum Gasteiger partial charge on any atom is -0.495 e. The van der Waals surface area contributed by atoms with E-state index in [0.29, 0.717) is 18.3 Å². The molecule has 2 rings (SSSR count). The van der Waals surface area contributed by atoms with Crippen LogP contribution in [0.3, 0.4) is 0 Å². The normalized spacial score (nSPS) is 21.7. The third-order valence-corrected chi connectivity index (χ3v) is 4.75. The van der Waals surface area contributed by atoms with Gasteiger partial charge in [0, 0.05) is 11.3 Å². The number of ether oxygens (including phenoxy) is 1. The minimum atomic E-state index is -0.0258. The zero-order valence-corrected chi connectivity index (χ0v) is 12.8. The van der Waals surface area contributed by atoms with Gasteiger partial charge in [-0.1, -0.05) is 12.1 Å². The summed E-state index contributed by atoms with van der Waals surface area (Å²) in [4.78, 5) is 12.0. The van der Waals surface area contributed by atoms with Crippen molar-refractivity contribution in [3.63, 3.8) is 0 Å². The van der Waals surface area contributed by atoms with Crippen molar-refractivity contribution in [2.45, 2.75) is 30.6 Å². The van der Waals surface area contributed by atoms with Gasteiger partial charge in [-0.2, -0.15) is 11.8 Å². The van der Waals surface area contributed by atoms with E-state index < -0.39 is 0 Å². The molecule has 1 aromatic carbocycles. The Morgan fingerprint density at radius 1 is 1.40 bits per heavy atom. The maximum absolute atomic E-state index is 12.0. The number of carbonyl (C=O) groups excluding carboxylic acids is 1. The molecule has 4 nitrogen and oxygen atoms in total. The number of carbonyl (C=O) groups is 1. The van der Waals surface area contributed by atoms with Crippen molar-refractivity contribution in [1.82, 2.24) is 5.32 Å². The summed E-state index contributed by atoms with van der Waals surface area (Å²) < 4.78 is 5.21. The van der Waals surface area contributed by atoms with Crippen LogP contribution in [0.4, 0.5) is 5.69 Å². The van der Waals surface area contributed by atoms with Crippen LogP contribution >= 0.6 is 11.8 Å². The van der Waals surface area contributed by atoms with E-state index in [1.165, 1.54) is 6.42 Å². The Bertz CT molecular complexity index is 453. The van der Waals surface area contributed by atoms with Gasteiger partial charge in [-0.25, -0.2) is 0 Å². The van der Waals surface area contributed by atoms with Crippen molar-refractivity contribution in [1.29, 1.82) is 0 Å². The summed E-state index contributed by atoms with van der Waals surface area (Å²) in [5.41, 5.74) is 0.718. The largest absolute Gasteiger partial charge is 0.495 e. The number of hydrogen-bond acceptors (Lipinski definition) is 4. The SMILES string of the molecule is COc1ccccc1NC(=O)CNC1CCC(SC)C1. The van der Waals surface area contributed by atoms with Gasteiger partial charge in [0.15, 0.2) is 0 Å². The van der Waals surface area contributed by atoms with Crippen LogP contribution < -0.4 is 15.4 Å². The Hall–Kier alpha value is -1.20. The average molecular weight is 294 g/mol. The van der Waals surface area contributed by atoms with Gasteiger partial charge in [0.1, 0.15) is 5.75 Å². The highest BCUT2D eigenvalue weighted by atomic mass is 32.2. The number of nitrogens with one attached hydrogen (secondary N) is 2. The van der Waals surface area contributed by atoms with Gasteiger partial charge in [-0.05, 0) is 37.7 Å². The predicted octanol–water partition coefficient (Wildman–Crippen LogP) is 2.51. The number of anilines is 1. The van der Waals surface area contributed by atoms with E-state index in [4.69, 9.17) is 4.74 Å². The zero-order chi connectivity index (χ0) is 14.4. The van der Waals surface area contributed by atoms with E-state index in [2.05, 4.69) is 16.9 Å². The van der Waals surface area contributed by atoms with Crippen LogP contribution in [0.5, 0.6) is 5.75 Å². The lowest BCUT2D eigenvalue weighted by Gasteiger charge is -2.13. The predicted molar refractivity (Wildman–Crippen MR) is 84.6 cm³/mol. The molecule has 0 radical (unpaired) electrons. The van der Waals surface area contributed by atoms with E-state index in [-0.39, 0.29) is 5.91 Å². The molecule has 1 aliphatic carbocycles. The Morgan fingerprint density at radius 2 is 2.20 bits per heavy atom. The highest BCUT2D eigenvalue weighted by Gasteiger charge is 2.23. The third-order valence-electron chi connectivity index (χ3n) is 3.65. The molecule has 0 heterocycles. The second-order valence-electron chi connectivity index (χ2n) is 5.00. The molecule has 2 atom stereocenters. The number of methoxy groups -OCH3 is 1. The van der Waals surface area contributed by atoms with Gasteiger partial charge in [0.2, 0.25) is 5.91 Å². The Balaban J connectivity index is 1.78. The first-order valence-corrected chi connectivity index (χ1v) is 8.20. The molecule has 1 saturated carbocycles. The fourth-order valence-electron chi connectivity index (χ4n) is 2.52. The van der Waals surface area contributed by atoms with Crippen molar-refractivity contribution >= 4 is 23.4 Å². The highest BCUT2D eigenvalue weighted by molar-refractivity contribution is 7.99. The van der Waals surface area contributed by atoms with E-state index in [0.717, 1.165) is 23.8 Å². The van der Waals surface area contributed by atoms with E-state index in [1.54, 1.807) is 7.11 Å². The summed E-state index contributed by atoms with van der Waals surface area (Å²) in [6.45, 7) is 0.351. The molecule has 0 aromatic heterocycles. The smallest absolute Gasteiger partial charge is 0.238 e. The fraction of sp³-hybridized carbons (Fsp3) is 0.533. The summed E-state index contributed by atoms with van der Waals surface area (Å²) in [7, 11) is 1.60. The fourth-order valence-corrected chi connectivity index (χ4v) is 3.32. The molecule has 0 bridgehead atoms. The Labute approximate surface area is 124 Å². The van der Waals surface area contributed by atoms with Crippen LogP contribution in [0.1, 0.15) is 19.3 Å². The molecule has 0 spiro atoms. The second kappa shape index (κ2) is 7.55. The van der Waals surface area contributed by atoms with Crippen LogP contribution in [-0.2, 0) is 4.79 Å². The Kier molecular flexibility index (Phi) is 5.73. The maximum Gasteiger partial charge on any atom is 0.238 e. The van der Waals surface area contributed by atoms with Gasteiger partial charge < -0.3 is 15.4 Å². The molecule has 1 fully saturated rings. The first kappa shape index (κ1) is 15.2. The van der Waals surface area contributed by atoms with Crippen molar-refractivity contribution in [2.24, 2.45) is 0 Å². The van der Waals surface area contributed by atoms with E-state index in [9.17, 15) is 4.79 Å². The quantitative estimate of drug-likeness (QED) is 0.846. The molecule has 110 valence electrons. The first-order valence-electron chi connectivity index (χ1n) is 6.92. The highest BCUT2D eigenvalue weighted by Crippen LogP contribution is 2.28. The molecular weight excluding hydrogens is 272 g/mol.